The SMILES string of the molecule is C1COCCO1.[Rh]. The average Bonchev–Trinajstić information content (AvgIpc) is 1.72. The minimum atomic E-state index is 0. The van der Waals surface area contributed by atoms with E-state index in [2.05, 4.69) is 0 Å². The Morgan fingerprint density at radius 2 is 1.00 bits per heavy atom. The molecular weight excluding hydrogens is 183 g/mol. The average molecular weight is 191 g/mol. The predicted octanol–water partition coefficient (Wildman–Crippen LogP) is 0.0307. The van der Waals surface area contributed by atoms with Crippen LogP contribution in [0.5, 0.6) is 0 Å². The van der Waals surface area contributed by atoms with Gasteiger partial charge in [0.1, 0.15) is 0 Å². The molecule has 1 rings (SSSR count). The molecule has 2 nitrogen and oxygen atoms in total. The van der Waals surface area contributed by atoms with Gasteiger partial charge in [-0.05, 0) is 0 Å². The zero-order chi connectivity index (χ0) is 4.24. The first-order valence-corrected chi connectivity index (χ1v) is 2.15. The van der Waals surface area contributed by atoms with Gasteiger partial charge in [0.05, 0.1) is 26.4 Å². The summed E-state index contributed by atoms with van der Waals surface area (Å²) in [7, 11) is 0. The van der Waals surface area contributed by atoms with Crippen LogP contribution in [0.25, 0.3) is 0 Å². The van der Waals surface area contributed by atoms with Gasteiger partial charge in [-0.1, -0.05) is 0 Å². The van der Waals surface area contributed by atoms with Gasteiger partial charge in [0.25, 0.3) is 0 Å². The summed E-state index contributed by atoms with van der Waals surface area (Å²) in [5.41, 5.74) is 0. The Labute approximate surface area is 55.9 Å². The van der Waals surface area contributed by atoms with E-state index in [0.29, 0.717) is 0 Å². The number of hydrogen-bond donors (Lipinski definition) is 0. The Hall–Kier alpha value is 0.543. The molecule has 3 heteroatoms. The van der Waals surface area contributed by atoms with E-state index in [1.165, 1.54) is 0 Å². The molecule has 0 N–H and O–H groups in total. The molecule has 1 fully saturated rings. The van der Waals surface area contributed by atoms with Crippen LogP contribution in [0, 0.1) is 0 Å². The van der Waals surface area contributed by atoms with E-state index in [-0.39, 0.29) is 19.5 Å². The number of rotatable bonds is 0. The zero-order valence-corrected chi connectivity index (χ0v) is 5.62. The van der Waals surface area contributed by atoms with Crippen LogP contribution in [-0.4, -0.2) is 26.4 Å². The van der Waals surface area contributed by atoms with Crippen LogP contribution in [0.2, 0.25) is 0 Å². The maximum absolute atomic E-state index is 4.94. The first-order valence-electron chi connectivity index (χ1n) is 2.15. The second-order valence-electron chi connectivity index (χ2n) is 1.22. The summed E-state index contributed by atoms with van der Waals surface area (Å²) in [6, 6.07) is 0. The molecule has 1 aliphatic rings. The van der Waals surface area contributed by atoms with Crippen molar-refractivity contribution in [2.75, 3.05) is 26.4 Å². The molecule has 1 saturated heterocycles. The standard InChI is InChI=1S/C4H8O2.Rh/c1-2-6-4-3-5-1;/h1-4H2;. The quantitative estimate of drug-likeness (QED) is 0.503. The fraction of sp³-hybridized carbons (Fsp3) is 1.00. The van der Waals surface area contributed by atoms with Gasteiger partial charge in [-0.25, -0.2) is 0 Å². The van der Waals surface area contributed by atoms with Crippen LogP contribution in [0.1, 0.15) is 0 Å². The summed E-state index contributed by atoms with van der Waals surface area (Å²) in [6.45, 7) is 3.11. The van der Waals surface area contributed by atoms with Crippen LogP contribution < -0.4 is 0 Å². The number of hydrogen-bond acceptors (Lipinski definition) is 2. The van der Waals surface area contributed by atoms with Gasteiger partial charge in [-0.2, -0.15) is 0 Å². The molecule has 0 aromatic carbocycles. The molecule has 1 aliphatic heterocycles. The molecule has 0 aliphatic carbocycles. The van der Waals surface area contributed by atoms with Crippen molar-refractivity contribution in [1.29, 1.82) is 0 Å². The topological polar surface area (TPSA) is 18.5 Å². The smallest absolute Gasteiger partial charge is 0.0701 e. The van der Waals surface area contributed by atoms with Crippen molar-refractivity contribution in [3.8, 4) is 0 Å². The maximum Gasteiger partial charge on any atom is 0.0701 e. The van der Waals surface area contributed by atoms with Crippen molar-refractivity contribution < 1.29 is 29.0 Å². The Bertz CT molecular complexity index is 25.2. The molecule has 1 radical (unpaired) electrons. The van der Waals surface area contributed by atoms with Crippen LogP contribution >= 0.6 is 0 Å². The van der Waals surface area contributed by atoms with Gasteiger partial charge in [0.2, 0.25) is 0 Å². The minimum Gasteiger partial charge on any atom is -0.377 e. The monoisotopic (exact) mass is 191 g/mol. The Balaban J connectivity index is 0.000000360. The third-order valence-electron chi connectivity index (χ3n) is 0.744. The maximum atomic E-state index is 4.94. The molecule has 0 spiro atoms. The van der Waals surface area contributed by atoms with E-state index >= 15 is 0 Å². The molecule has 0 unspecified atom stereocenters. The van der Waals surface area contributed by atoms with Crippen molar-refractivity contribution in [1.82, 2.24) is 0 Å². The van der Waals surface area contributed by atoms with Gasteiger partial charge in [0.15, 0.2) is 0 Å². The molecule has 0 aromatic heterocycles. The first kappa shape index (κ1) is 7.54. The van der Waals surface area contributed by atoms with E-state index < -0.39 is 0 Å². The van der Waals surface area contributed by atoms with E-state index in [4.69, 9.17) is 9.47 Å². The third kappa shape index (κ3) is 3.15. The molecule has 0 amide bonds. The largest absolute Gasteiger partial charge is 0.377 e. The Kier molecular flexibility index (Phi) is 5.06. The summed E-state index contributed by atoms with van der Waals surface area (Å²) in [6.07, 6.45) is 0. The molecule has 7 heavy (non-hydrogen) atoms. The predicted molar refractivity (Wildman–Crippen MR) is 21.6 cm³/mol. The molecule has 1 heterocycles. The first-order chi connectivity index (χ1) is 3.00. The summed E-state index contributed by atoms with van der Waals surface area (Å²) >= 11 is 0. The minimum absolute atomic E-state index is 0. The van der Waals surface area contributed by atoms with Crippen LogP contribution in [0.3, 0.4) is 0 Å². The molecule has 45 valence electrons. The molecule has 0 atom stereocenters. The van der Waals surface area contributed by atoms with Gasteiger partial charge in [0, 0.05) is 19.5 Å². The van der Waals surface area contributed by atoms with Gasteiger partial charge in [-0.3, -0.25) is 0 Å². The van der Waals surface area contributed by atoms with Crippen molar-refractivity contribution >= 4 is 0 Å². The second kappa shape index (κ2) is 4.70. The summed E-state index contributed by atoms with van der Waals surface area (Å²) in [5.74, 6) is 0. The van der Waals surface area contributed by atoms with Crippen LogP contribution in [0.4, 0.5) is 0 Å². The van der Waals surface area contributed by atoms with Gasteiger partial charge < -0.3 is 9.47 Å². The van der Waals surface area contributed by atoms with Crippen molar-refractivity contribution in [3.05, 3.63) is 0 Å². The molecule has 0 saturated carbocycles. The van der Waals surface area contributed by atoms with E-state index in [1.54, 1.807) is 0 Å². The summed E-state index contributed by atoms with van der Waals surface area (Å²) in [4.78, 5) is 0. The molecule has 0 aromatic rings. The van der Waals surface area contributed by atoms with Crippen molar-refractivity contribution in [2.24, 2.45) is 0 Å². The van der Waals surface area contributed by atoms with E-state index in [1.807, 2.05) is 0 Å². The zero-order valence-electron chi connectivity index (χ0n) is 3.98. The van der Waals surface area contributed by atoms with Gasteiger partial charge in [-0.15, -0.1) is 0 Å². The summed E-state index contributed by atoms with van der Waals surface area (Å²) in [5, 5.41) is 0. The van der Waals surface area contributed by atoms with Crippen molar-refractivity contribution in [2.45, 2.75) is 0 Å². The fourth-order valence-corrected chi connectivity index (χ4v) is 0.440. The molecule has 0 bridgehead atoms. The number of ether oxygens (including phenoxy) is 2. The fourth-order valence-electron chi connectivity index (χ4n) is 0.440. The van der Waals surface area contributed by atoms with Crippen LogP contribution in [0.15, 0.2) is 0 Å². The van der Waals surface area contributed by atoms with Gasteiger partial charge >= 0.3 is 0 Å². The van der Waals surface area contributed by atoms with E-state index in [9.17, 15) is 0 Å². The summed E-state index contributed by atoms with van der Waals surface area (Å²) < 4.78 is 9.89. The Morgan fingerprint density at radius 1 is 0.714 bits per heavy atom. The van der Waals surface area contributed by atoms with E-state index in [0.717, 1.165) is 26.4 Å². The normalized spacial score (nSPS) is 20.6. The Morgan fingerprint density at radius 3 is 1.14 bits per heavy atom. The van der Waals surface area contributed by atoms with Crippen LogP contribution in [-0.2, 0) is 29.0 Å². The van der Waals surface area contributed by atoms with Crippen molar-refractivity contribution in [3.63, 3.8) is 0 Å². The molecular formula is C4H8O2Rh. The second-order valence-corrected chi connectivity index (χ2v) is 1.22. The third-order valence-corrected chi connectivity index (χ3v) is 0.744.